The van der Waals surface area contributed by atoms with Crippen LogP contribution in [0.2, 0.25) is 0 Å². The third-order valence-electron chi connectivity index (χ3n) is 5.52. The molecule has 0 spiro atoms. The van der Waals surface area contributed by atoms with Crippen molar-refractivity contribution in [3.8, 4) is 5.75 Å². The lowest BCUT2D eigenvalue weighted by Crippen LogP contribution is -2.18. The molecule has 0 saturated heterocycles. The summed E-state index contributed by atoms with van der Waals surface area (Å²) < 4.78 is 20.9. The molecular weight excluding hydrogens is 385 g/mol. The van der Waals surface area contributed by atoms with E-state index in [0.29, 0.717) is 17.4 Å². The SMILES string of the molecule is C=C/C(C)=C(\C)NC(=C/C(=C\CC)Oc1c(F)cccc1C(C)C)/C(=C\C)C(C)CC. The van der Waals surface area contributed by atoms with E-state index < -0.39 is 0 Å². The topological polar surface area (TPSA) is 21.3 Å². The van der Waals surface area contributed by atoms with Gasteiger partial charge in [-0.2, -0.15) is 0 Å². The summed E-state index contributed by atoms with van der Waals surface area (Å²) in [5, 5.41) is 3.55. The molecule has 0 aliphatic heterocycles. The predicted octanol–water partition coefficient (Wildman–Crippen LogP) is 8.57. The molecule has 0 fully saturated rings. The average Bonchev–Trinajstić information content (AvgIpc) is 2.74. The first-order valence-corrected chi connectivity index (χ1v) is 11.3. The Bertz CT molecular complexity index is 871. The van der Waals surface area contributed by atoms with Gasteiger partial charge in [0.1, 0.15) is 5.76 Å². The van der Waals surface area contributed by atoms with Gasteiger partial charge < -0.3 is 10.1 Å². The van der Waals surface area contributed by atoms with Crippen molar-refractivity contribution in [1.29, 1.82) is 0 Å². The minimum atomic E-state index is -0.345. The van der Waals surface area contributed by atoms with Crippen LogP contribution in [0.4, 0.5) is 4.39 Å². The summed E-state index contributed by atoms with van der Waals surface area (Å²) in [6.45, 7) is 20.5. The third kappa shape index (κ3) is 7.57. The van der Waals surface area contributed by atoms with Crippen molar-refractivity contribution in [3.05, 3.63) is 88.8 Å². The molecule has 0 aromatic heterocycles. The lowest BCUT2D eigenvalue weighted by atomic mass is 9.94. The highest BCUT2D eigenvalue weighted by Gasteiger charge is 2.17. The van der Waals surface area contributed by atoms with E-state index in [-0.39, 0.29) is 11.7 Å². The molecule has 0 heterocycles. The summed E-state index contributed by atoms with van der Waals surface area (Å²) in [6, 6.07) is 5.10. The van der Waals surface area contributed by atoms with E-state index in [1.54, 1.807) is 6.07 Å². The molecule has 0 saturated carbocycles. The zero-order valence-electron chi connectivity index (χ0n) is 20.6. The Balaban J connectivity index is 3.56. The molecule has 1 unspecified atom stereocenters. The first-order valence-electron chi connectivity index (χ1n) is 11.3. The van der Waals surface area contributed by atoms with Crippen LogP contribution in [0.3, 0.4) is 0 Å². The number of rotatable bonds is 11. The number of nitrogens with one attached hydrogen (secondary N) is 1. The highest BCUT2D eigenvalue weighted by molar-refractivity contribution is 5.42. The summed E-state index contributed by atoms with van der Waals surface area (Å²) in [4.78, 5) is 0. The van der Waals surface area contributed by atoms with Gasteiger partial charge in [-0.15, -0.1) is 0 Å². The van der Waals surface area contributed by atoms with E-state index in [2.05, 4.69) is 31.8 Å². The summed E-state index contributed by atoms with van der Waals surface area (Å²) in [5.74, 6) is 1.10. The van der Waals surface area contributed by atoms with Gasteiger partial charge in [0.15, 0.2) is 11.6 Å². The number of benzene rings is 1. The van der Waals surface area contributed by atoms with Crippen LogP contribution >= 0.6 is 0 Å². The van der Waals surface area contributed by atoms with Crippen LogP contribution in [0.25, 0.3) is 0 Å². The molecule has 0 radical (unpaired) electrons. The zero-order chi connectivity index (χ0) is 23.6. The van der Waals surface area contributed by atoms with Gasteiger partial charge in [0, 0.05) is 23.0 Å². The molecule has 1 rings (SSSR count). The van der Waals surface area contributed by atoms with Crippen LogP contribution in [-0.2, 0) is 0 Å². The number of hydrogen-bond donors (Lipinski definition) is 1. The molecule has 1 N–H and O–H groups in total. The van der Waals surface area contributed by atoms with E-state index in [1.165, 1.54) is 11.6 Å². The second-order valence-corrected chi connectivity index (χ2v) is 8.18. The molecule has 31 heavy (non-hydrogen) atoms. The van der Waals surface area contributed by atoms with Crippen LogP contribution in [0.5, 0.6) is 5.75 Å². The normalized spacial score (nSPS) is 15.0. The Morgan fingerprint density at radius 1 is 1.19 bits per heavy atom. The monoisotopic (exact) mass is 425 g/mol. The highest BCUT2D eigenvalue weighted by atomic mass is 19.1. The number of ether oxygens (including phenoxy) is 1. The Morgan fingerprint density at radius 2 is 1.87 bits per heavy atom. The fourth-order valence-electron chi connectivity index (χ4n) is 3.25. The molecule has 170 valence electrons. The molecule has 0 bridgehead atoms. The Kier molecular flexibility index (Phi) is 11.1. The Morgan fingerprint density at radius 3 is 2.39 bits per heavy atom. The predicted molar refractivity (Wildman–Crippen MR) is 132 cm³/mol. The molecule has 0 aliphatic rings. The number of allylic oxidation sites excluding steroid dienone is 7. The maximum atomic E-state index is 14.7. The van der Waals surface area contributed by atoms with Gasteiger partial charge >= 0.3 is 0 Å². The van der Waals surface area contributed by atoms with Crippen molar-refractivity contribution < 1.29 is 9.13 Å². The van der Waals surface area contributed by atoms with Crippen LogP contribution in [0.15, 0.2) is 77.4 Å². The minimum Gasteiger partial charge on any atom is -0.454 e. The van der Waals surface area contributed by atoms with E-state index in [4.69, 9.17) is 4.74 Å². The van der Waals surface area contributed by atoms with Gasteiger partial charge in [-0.3, -0.25) is 0 Å². The van der Waals surface area contributed by atoms with Gasteiger partial charge in [0.25, 0.3) is 0 Å². The smallest absolute Gasteiger partial charge is 0.166 e. The van der Waals surface area contributed by atoms with Crippen molar-refractivity contribution in [3.63, 3.8) is 0 Å². The fourth-order valence-corrected chi connectivity index (χ4v) is 3.25. The van der Waals surface area contributed by atoms with Crippen molar-refractivity contribution in [2.75, 3.05) is 0 Å². The second kappa shape index (κ2) is 13.0. The first kappa shape index (κ1) is 26.5. The maximum Gasteiger partial charge on any atom is 0.166 e. The van der Waals surface area contributed by atoms with E-state index in [1.807, 2.05) is 65.8 Å². The molecular formula is C28H40FNO. The minimum absolute atomic E-state index is 0.154. The summed E-state index contributed by atoms with van der Waals surface area (Å²) in [6.07, 6.45) is 9.74. The zero-order valence-corrected chi connectivity index (χ0v) is 20.6. The van der Waals surface area contributed by atoms with Gasteiger partial charge in [-0.1, -0.05) is 65.5 Å². The van der Waals surface area contributed by atoms with E-state index in [0.717, 1.165) is 35.4 Å². The maximum absolute atomic E-state index is 14.7. The molecule has 2 nitrogen and oxygen atoms in total. The van der Waals surface area contributed by atoms with E-state index in [9.17, 15) is 4.39 Å². The molecule has 1 atom stereocenters. The molecule has 1 aromatic carbocycles. The summed E-state index contributed by atoms with van der Waals surface area (Å²) >= 11 is 0. The van der Waals surface area contributed by atoms with Crippen LogP contribution < -0.4 is 10.1 Å². The first-order chi connectivity index (χ1) is 14.7. The van der Waals surface area contributed by atoms with Crippen LogP contribution in [-0.4, -0.2) is 0 Å². The largest absolute Gasteiger partial charge is 0.454 e. The Labute approximate surface area is 189 Å². The quantitative estimate of drug-likeness (QED) is 0.283. The van der Waals surface area contributed by atoms with Gasteiger partial charge in [-0.25, -0.2) is 4.39 Å². The fraction of sp³-hybridized carbons (Fsp3) is 0.429. The third-order valence-corrected chi connectivity index (χ3v) is 5.52. The van der Waals surface area contributed by atoms with Crippen LogP contribution in [0.1, 0.15) is 79.7 Å². The standard InChI is InChI=1S/C28H40FNO/c1-10-15-23(31-28-25(19(5)6)16-14-17-26(28)29)18-27(24(13-4)21(8)12-3)30-22(9)20(7)11-2/h11,13-19,21,30H,2,10,12H2,1,3-9H3/b22-20+,23-15+,24-13-,27-18+. The summed E-state index contributed by atoms with van der Waals surface area (Å²) in [5.41, 5.74) is 5.11. The molecule has 0 amide bonds. The lowest BCUT2D eigenvalue weighted by molar-refractivity contribution is 0.401. The van der Waals surface area contributed by atoms with Gasteiger partial charge in [0.05, 0.1) is 0 Å². The highest BCUT2D eigenvalue weighted by Crippen LogP contribution is 2.32. The van der Waals surface area contributed by atoms with Crippen molar-refractivity contribution >= 4 is 0 Å². The molecule has 0 aliphatic carbocycles. The second-order valence-electron chi connectivity index (χ2n) is 8.18. The summed E-state index contributed by atoms with van der Waals surface area (Å²) in [7, 11) is 0. The van der Waals surface area contributed by atoms with Crippen molar-refractivity contribution in [2.45, 2.75) is 74.1 Å². The van der Waals surface area contributed by atoms with Gasteiger partial charge in [0.2, 0.25) is 0 Å². The number of hydrogen-bond acceptors (Lipinski definition) is 2. The lowest BCUT2D eigenvalue weighted by Gasteiger charge is -2.22. The number of para-hydroxylation sites is 1. The molecule has 1 aromatic rings. The average molecular weight is 426 g/mol. The van der Waals surface area contributed by atoms with Crippen LogP contribution in [0, 0.1) is 11.7 Å². The van der Waals surface area contributed by atoms with Crippen molar-refractivity contribution in [2.24, 2.45) is 5.92 Å². The Hall–Kier alpha value is -2.55. The van der Waals surface area contributed by atoms with Crippen molar-refractivity contribution in [1.82, 2.24) is 5.32 Å². The number of halogens is 1. The van der Waals surface area contributed by atoms with E-state index >= 15 is 0 Å². The molecule has 3 heteroatoms. The van der Waals surface area contributed by atoms with Gasteiger partial charge in [-0.05, 0) is 68.7 Å².